The van der Waals surface area contributed by atoms with E-state index in [2.05, 4.69) is 19.9 Å². The van der Waals surface area contributed by atoms with E-state index < -0.39 is 0 Å². The molecule has 0 saturated heterocycles. The van der Waals surface area contributed by atoms with Crippen LogP contribution in [0.1, 0.15) is 11.4 Å². The molecule has 0 radical (unpaired) electrons. The van der Waals surface area contributed by atoms with E-state index in [0.29, 0.717) is 23.4 Å². The Bertz CT molecular complexity index is 737. The molecular formula is C12H11ClN6. The van der Waals surface area contributed by atoms with Gasteiger partial charge in [-0.05, 0) is 29.3 Å². The van der Waals surface area contributed by atoms with Crippen LogP contribution < -0.4 is 5.73 Å². The first kappa shape index (κ1) is 11.9. The summed E-state index contributed by atoms with van der Waals surface area (Å²) < 4.78 is 1.89. The van der Waals surface area contributed by atoms with Crippen LogP contribution in [0.25, 0.3) is 11.2 Å². The number of halogens is 1. The Hall–Kier alpha value is -2.21. The number of rotatable bonds is 2. The number of nitrogen functional groups attached to an aromatic ring is 1. The van der Waals surface area contributed by atoms with E-state index in [0.717, 1.165) is 11.4 Å². The Kier molecular flexibility index (Phi) is 2.79. The smallest absolute Gasteiger partial charge is 0.226 e. The van der Waals surface area contributed by atoms with Crippen molar-refractivity contribution in [3.05, 3.63) is 41.2 Å². The number of anilines is 1. The van der Waals surface area contributed by atoms with Gasteiger partial charge in [0.2, 0.25) is 5.28 Å². The van der Waals surface area contributed by atoms with Crippen molar-refractivity contribution in [1.82, 2.24) is 24.5 Å². The number of hydrogen-bond donors (Lipinski definition) is 1. The largest absolute Gasteiger partial charge is 0.382 e. The van der Waals surface area contributed by atoms with E-state index in [-0.39, 0.29) is 5.28 Å². The molecule has 19 heavy (non-hydrogen) atoms. The number of imidazole rings is 1. The normalized spacial score (nSPS) is 11.1. The zero-order valence-electron chi connectivity index (χ0n) is 10.2. The summed E-state index contributed by atoms with van der Waals surface area (Å²) in [4.78, 5) is 16.5. The molecule has 0 aromatic carbocycles. The summed E-state index contributed by atoms with van der Waals surface area (Å²) in [6.45, 7) is 0. The van der Waals surface area contributed by atoms with Crippen LogP contribution in [-0.2, 0) is 13.5 Å². The van der Waals surface area contributed by atoms with Crippen LogP contribution in [0.5, 0.6) is 0 Å². The van der Waals surface area contributed by atoms with Crippen LogP contribution in [0.3, 0.4) is 0 Å². The van der Waals surface area contributed by atoms with E-state index in [1.54, 1.807) is 12.4 Å². The monoisotopic (exact) mass is 274 g/mol. The third-order valence-corrected chi connectivity index (χ3v) is 3.10. The van der Waals surface area contributed by atoms with Crippen molar-refractivity contribution < 1.29 is 0 Å². The predicted octanol–water partition coefficient (Wildman–Crippen LogP) is 1.58. The molecule has 3 aromatic heterocycles. The van der Waals surface area contributed by atoms with Crippen molar-refractivity contribution in [2.45, 2.75) is 6.42 Å². The minimum atomic E-state index is 0.110. The highest BCUT2D eigenvalue weighted by atomic mass is 35.5. The van der Waals surface area contributed by atoms with Crippen molar-refractivity contribution in [2.75, 3.05) is 5.73 Å². The lowest BCUT2D eigenvalue weighted by molar-refractivity contribution is 0.843. The molecule has 0 amide bonds. The number of aryl methyl sites for hydroxylation is 1. The second kappa shape index (κ2) is 4.47. The van der Waals surface area contributed by atoms with Gasteiger partial charge < -0.3 is 10.3 Å². The van der Waals surface area contributed by atoms with E-state index in [1.807, 2.05) is 23.7 Å². The van der Waals surface area contributed by atoms with Gasteiger partial charge in [-0.3, -0.25) is 4.98 Å². The molecule has 0 fully saturated rings. The molecular weight excluding hydrogens is 264 g/mol. The molecule has 0 spiro atoms. The van der Waals surface area contributed by atoms with Crippen LogP contribution in [0.4, 0.5) is 5.82 Å². The third kappa shape index (κ3) is 2.10. The van der Waals surface area contributed by atoms with Crippen molar-refractivity contribution in [3.63, 3.8) is 0 Å². The lowest BCUT2D eigenvalue weighted by Crippen LogP contribution is -2.01. The van der Waals surface area contributed by atoms with Gasteiger partial charge >= 0.3 is 0 Å². The van der Waals surface area contributed by atoms with Gasteiger partial charge in [0, 0.05) is 25.9 Å². The molecule has 0 atom stereocenters. The Morgan fingerprint density at radius 2 is 1.95 bits per heavy atom. The van der Waals surface area contributed by atoms with Crippen molar-refractivity contribution in [3.8, 4) is 0 Å². The second-order valence-electron chi connectivity index (χ2n) is 4.17. The van der Waals surface area contributed by atoms with Crippen LogP contribution in [0.15, 0.2) is 24.5 Å². The average Bonchev–Trinajstić information content (AvgIpc) is 2.67. The van der Waals surface area contributed by atoms with E-state index in [9.17, 15) is 0 Å². The van der Waals surface area contributed by atoms with E-state index in [4.69, 9.17) is 17.3 Å². The fourth-order valence-electron chi connectivity index (χ4n) is 2.00. The summed E-state index contributed by atoms with van der Waals surface area (Å²) in [5.41, 5.74) is 8.19. The van der Waals surface area contributed by atoms with Gasteiger partial charge in [-0.1, -0.05) is 0 Å². The molecule has 0 aliphatic carbocycles. The SMILES string of the molecule is Cn1c(Cc2ccncc2)nc2nc(Cl)nc(N)c21. The summed E-state index contributed by atoms with van der Waals surface area (Å²) in [7, 11) is 1.89. The minimum absolute atomic E-state index is 0.110. The van der Waals surface area contributed by atoms with Crippen LogP contribution >= 0.6 is 11.6 Å². The second-order valence-corrected chi connectivity index (χ2v) is 4.51. The van der Waals surface area contributed by atoms with Gasteiger partial charge in [-0.2, -0.15) is 9.97 Å². The number of nitrogens with two attached hydrogens (primary N) is 1. The standard InChI is InChI=1S/C12H11ClN6/c1-19-8(6-7-2-4-15-5-3-7)16-11-9(19)10(14)17-12(13)18-11/h2-5H,6H2,1H3,(H2,14,17,18). The highest BCUT2D eigenvalue weighted by Crippen LogP contribution is 2.21. The summed E-state index contributed by atoms with van der Waals surface area (Å²) in [6.07, 6.45) is 4.18. The Morgan fingerprint density at radius 1 is 1.21 bits per heavy atom. The molecule has 6 nitrogen and oxygen atoms in total. The lowest BCUT2D eigenvalue weighted by Gasteiger charge is -2.03. The molecule has 2 N–H and O–H groups in total. The Labute approximate surface area is 114 Å². The molecule has 0 aliphatic rings. The highest BCUT2D eigenvalue weighted by molar-refractivity contribution is 6.28. The van der Waals surface area contributed by atoms with Crippen molar-refractivity contribution >= 4 is 28.6 Å². The maximum atomic E-state index is 5.86. The molecule has 96 valence electrons. The summed E-state index contributed by atoms with van der Waals surface area (Å²) in [5, 5.41) is 0.110. The lowest BCUT2D eigenvalue weighted by atomic mass is 10.2. The first-order valence-electron chi connectivity index (χ1n) is 5.68. The molecule has 7 heteroatoms. The predicted molar refractivity (Wildman–Crippen MR) is 72.8 cm³/mol. The number of aromatic nitrogens is 5. The molecule has 0 saturated carbocycles. The Balaban J connectivity index is 2.10. The Morgan fingerprint density at radius 3 is 2.68 bits per heavy atom. The number of fused-ring (bicyclic) bond motifs is 1. The van der Waals surface area contributed by atoms with Gasteiger partial charge in [0.25, 0.3) is 0 Å². The number of hydrogen-bond acceptors (Lipinski definition) is 5. The summed E-state index contributed by atoms with van der Waals surface area (Å²) >= 11 is 5.79. The first-order valence-corrected chi connectivity index (χ1v) is 6.06. The molecule has 3 heterocycles. The molecule has 0 bridgehead atoms. The van der Waals surface area contributed by atoms with Crippen LogP contribution in [0, 0.1) is 0 Å². The topological polar surface area (TPSA) is 82.5 Å². The average molecular weight is 275 g/mol. The van der Waals surface area contributed by atoms with Gasteiger partial charge in [0.05, 0.1) is 0 Å². The summed E-state index contributed by atoms with van der Waals surface area (Å²) in [5.74, 6) is 1.19. The molecule has 3 rings (SSSR count). The maximum absolute atomic E-state index is 5.86. The molecule has 0 aliphatic heterocycles. The zero-order valence-corrected chi connectivity index (χ0v) is 11.0. The van der Waals surface area contributed by atoms with Gasteiger partial charge in [-0.25, -0.2) is 4.98 Å². The van der Waals surface area contributed by atoms with Crippen LogP contribution in [-0.4, -0.2) is 24.5 Å². The zero-order chi connectivity index (χ0) is 13.4. The first-order chi connectivity index (χ1) is 9.15. The fraction of sp³-hybridized carbons (Fsp3) is 0.167. The highest BCUT2D eigenvalue weighted by Gasteiger charge is 2.14. The maximum Gasteiger partial charge on any atom is 0.226 e. The van der Waals surface area contributed by atoms with Crippen LogP contribution in [0.2, 0.25) is 5.28 Å². The van der Waals surface area contributed by atoms with E-state index >= 15 is 0 Å². The van der Waals surface area contributed by atoms with Gasteiger partial charge in [0.15, 0.2) is 11.5 Å². The molecule has 0 unspecified atom stereocenters. The third-order valence-electron chi connectivity index (χ3n) is 2.93. The van der Waals surface area contributed by atoms with Gasteiger partial charge in [0.1, 0.15) is 11.3 Å². The molecule has 3 aromatic rings. The van der Waals surface area contributed by atoms with E-state index in [1.165, 1.54) is 0 Å². The number of nitrogens with zero attached hydrogens (tertiary/aromatic N) is 5. The summed E-state index contributed by atoms with van der Waals surface area (Å²) in [6, 6.07) is 3.89. The minimum Gasteiger partial charge on any atom is -0.382 e. The van der Waals surface area contributed by atoms with Crippen molar-refractivity contribution in [1.29, 1.82) is 0 Å². The number of pyridine rings is 1. The van der Waals surface area contributed by atoms with Crippen molar-refractivity contribution in [2.24, 2.45) is 7.05 Å². The fourth-order valence-corrected chi connectivity index (χ4v) is 2.17. The quantitative estimate of drug-likeness (QED) is 0.718. The van der Waals surface area contributed by atoms with Gasteiger partial charge in [-0.15, -0.1) is 0 Å².